The molecule has 144 valence electrons. The fraction of sp³-hybridized carbons (Fsp3) is 0.579. The highest BCUT2D eigenvalue weighted by atomic mass is 32.1. The van der Waals surface area contributed by atoms with Crippen LogP contribution in [0, 0.1) is 11.3 Å². The molecule has 4 rings (SSSR count). The van der Waals surface area contributed by atoms with Crippen molar-refractivity contribution in [1.82, 2.24) is 14.9 Å². The Labute approximate surface area is 162 Å². The van der Waals surface area contributed by atoms with E-state index in [-0.39, 0.29) is 17.9 Å². The van der Waals surface area contributed by atoms with Crippen LogP contribution in [0.3, 0.4) is 0 Å². The molecule has 1 N–H and O–H groups in total. The van der Waals surface area contributed by atoms with Gasteiger partial charge in [0.25, 0.3) is 0 Å². The van der Waals surface area contributed by atoms with Gasteiger partial charge >= 0.3 is 5.97 Å². The number of fused-ring (bicyclic) bond motifs is 1. The van der Waals surface area contributed by atoms with Gasteiger partial charge in [-0.2, -0.15) is 0 Å². The molecule has 2 unspecified atom stereocenters. The number of nitrogens with zero attached hydrogens (tertiary/aromatic N) is 4. The van der Waals surface area contributed by atoms with Crippen LogP contribution in [0.5, 0.6) is 0 Å². The number of thiophene rings is 1. The van der Waals surface area contributed by atoms with Gasteiger partial charge in [0.1, 0.15) is 23.0 Å². The number of rotatable bonds is 4. The van der Waals surface area contributed by atoms with Crippen molar-refractivity contribution < 1.29 is 14.7 Å². The molecule has 2 atom stereocenters. The Morgan fingerprint density at radius 2 is 2.15 bits per heavy atom. The lowest BCUT2D eigenvalue weighted by molar-refractivity contribution is -0.151. The number of aliphatic carboxylic acids is 1. The van der Waals surface area contributed by atoms with E-state index in [1.54, 1.807) is 22.6 Å². The molecule has 7 nitrogen and oxygen atoms in total. The van der Waals surface area contributed by atoms with Crippen molar-refractivity contribution in [3.63, 3.8) is 0 Å². The van der Waals surface area contributed by atoms with Gasteiger partial charge in [0.05, 0.1) is 10.8 Å². The molecule has 0 aromatic carbocycles. The van der Waals surface area contributed by atoms with Crippen LogP contribution >= 0.6 is 11.3 Å². The third-order valence-electron chi connectivity index (χ3n) is 6.19. The van der Waals surface area contributed by atoms with E-state index in [0.717, 1.165) is 35.4 Å². The first kappa shape index (κ1) is 18.2. The molecule has 0 saturated carbocycles. The number of aromatic nitrogens is 2. The molecule has 2 fully saturated rings. The molecule has 0 aliphatic carbocycles. The number of likely N-dealkylation sites (tertiary alicyclic amines) is 1. The molecule has 2 aliphatic heterocycles. The number of anilines is 1. The molecule has 4 heterocycles. The van der Waals surface area contributed by atoms with Crippen LogP contribution in [0.1, 0.15) is 33.1 Å². The summed E-state index contributed by atoms with van der Waals surface area (Å²) in [6.45, 7) is 5.43. The van der Waals surface area contributed by atoms with Crippen LogP contribution in [-0.4, -0.2) is 57.5 Å². The van der Waals surface area contributed by atoms with Gasteiger partial charge in [0, 0.05) is 19.6 Å². The lowest BCUT2D eigenvalue weighted by Gasteiger charge is -2.31. The number of hydrogen-bond acceptors (Lipinski definition) is 6. The average molecular weight is 388 g/mol. The maximum atomic E-state index is 13.3. The molecular formula is C19H24N4O3S. The topological polar surface area (TPSA) is 86.6 Å². The van der Waals surface area contributed by atoms with Crippen molar-refractivity contribution in [2.75, 3.05) is 24.5 Å². The fourth-order valence-electron chi connectivity index (χ4n) is 4.41. The Bertz CT molecular complexity index is 883. The van der Waals surface area contributed by atoms with Gasteiger partial charge in [-0.1, -0.05) is 13.8 Å². The zero-order valence-corrected chi connectivity index (χ0v) is 16.4. The summed E-state index contributed by atoms with van der Waals surface area (Å²) in [6, 6.07) is 1.72. The lowest BCUT2D eigenvalue weighted by atomic mass is 9.76. The van der Waals surface area contributed by atoms with Crippen LogP contribution in [0.4, 0.5) is 5.82 Å². The van der Waals surface area contributed by atoms with E-state index in [2.05, 4.69) is 14.9 Å². The first-order chi connectivity index (χ1) is 12.9. The van der Waals surface area contributed by atoms with E-state index >= 15 is 0 Å². The fourth-order valence-corrected chi connectivity index (χ4v) is 5.13. The molecular weight excluding hydrogens is 364 g/mol. The van der Waals surface area contributed by atoms with Crippen LogP contribution in [0.25, 0.3) is 10.2 Å². The van der Waals surface area contributed by atoms with Crippen molar-refractivity contribution in [2.24, 2.45) is 11.3 Å². The monoisotopic (exact) mass is 388 g/mol. The first-order valence-electron chi connectivity index (χ1n) is 9.41. The second kappa shape index (κ2) is 6.74. The largest absolute Gasteiger partial charge is 0.481 e. The van der Waals surface area contributed by atoms with Crippen LogP contribution in [0.15, 0.2) is 17.8 Å². The predicted molar refractivity (Wildman–Crippen MR) is 104 cm³/mol. The zero-order valence-electron chi connectivity index (χ0n) is 15.6. The van der Waals surface area contributed by atoms with Crippen molar-refractivity contribution >= 4 is 39.2 Å². The highest BCUT2D eigenvalue weighted by Gasteiger charge is 2.50. The van der Waals surface area contributed by atoms with Crippen molar-refractivity contribution in [3.05, 3.63) is 17.8 Å². The van der Waals surface area contributed by atoms with Gasteiger partial charge < -0.3 is 14.9 Å². The maximum Gasteiger partial charge on any atom is 0.311 e. The Morgan fingerprint density at radius 1 is 1.33 bits per heavy atom. The maximum absolute atomic E-state index is 13.3. The van der Waals surface area contributed by atoms with E-state index in [4.69, 9.17) is 0 Å². The Balaban J connectivity index is 1.59. The first-order valence-corrected chi connectivity index (χ1v) is 10.3. The molecule has 27 heavy (non-hydrogen) atoms. The van der Waals surface area contributed by atoms with E-state index in [9.17, 15) is 14.7 Å². The van der Waals surface area contributed by atoms with Gasteiger partial charge in [-0.05, 0) is 36.6 Å². The summed E-state index contributed by atoms with van der Waals surface area (Å²) in [5.41, 5.74) is -0.839. The zero-order chi connectivity index (χ0) is 19.2. The Hall–Kier alpha value is -2.22. The van der Waals surface area contributed by atoms with E-state index in [1.165, 1.54) is 0 Å². The number of amides is 1. The minimum atomic E-state index is -0.839. The minimum Gasteiger partial charge on any atom is -0.481 e. The quantitative estimate of drug-likeness (QED) is 0.866. The highest BCUT2D eigenvalue weighted by molar-refractivity contribution is 7.16. The molecule has 2 aliphatic rings. The molecule has 0 spiro atoms. The number of carbonyl (C=O) groups excluding carboxylic acids is 1. The molecule has 2 aromatic heterocycles. The van der Waals surface area contributed by atoms with Crippen LogP contribution in [0.2, 0.25) is 0 Å². The number of carboxylic acid groups (broad SMARTS) is 1. The number of carboxylic acids is 1. The molecule has 0 bridgehead atoms. The summed E-state index contributed by atoms with van der Waals surface area (Å²) < 4.78 is 0. The van der Waals surface area contributed by atoms with Crippen molar-refractivity contribution in [2.45, 2.75) is 39.2 Å². The second-order valence-electron chi connectivity index (χ2n) is 7.81. The van der Waals surface area contributed by atoms with Gasteiger partial charge in [0.2, 0.25) is 5.91 Å². The summed E-state index contributed by atoms with van der Waals surface area (Å²) in [4.78, 5) is 38.7. The van der Waals surface area contributed by atoms with E-state index in [1.807, 2.05) is 25.3 Å². The van der Waals surface area contributed by atoms with Crippen LogP contribution < -0.4 is 4.90 Å². The molecule has 1 amide bonds. The lowest BCUT2D eigenvalue weighted by Crippen LogP contribution is -2.47. The predicted octanol–water partition coefficient (Wildman–Crippen LogP) is 2.62. The minimum absolute atomic E-state index is 0.0141. The smallest absolute Gasteiger partial charge is 0.311 e. The van der Waals surface area contributed by atoms with E-state index in [0.29, 0.717) is 19.5 Å². The molecule has 0 radical (unpaired) electrons. The van der Waals surface area contributed by atoms with Crippen LogP contribution in [-0.2, 0) is 9.59 Å². The second-order valence-corrected chi connectivity index (χ2v) is 8.71. The summed E-state index contributed by atoms with van der Waals surface area (Å²) in [7, 11) is 0. The summed E-state index contributed by atoms with van der Waals surface area (Å²) in [5.74, 6) is 0.0227. The van der Waals surface area contributed by atoms with Gasteiger partial charge in [-0.15, -0.1) is 11.3 Å². The third kappa shape index (κ3) is 2.86. The molecule has 2 aromatic rings. The van der Waals surface area contributed by atoms with Crippen molar-refractivity contribution in [3.8, 4) is 0 Å². The van der Waals surface area contributed by atoms with Gasteiger partial charge in [0.15, 0.2) is 0 Å². The number of hydrogen-bond donors (Lipinski definition) is 1. The Kier molecular flexibility index (Phi) is 4.53. The summed E-state index contributed by atoms with van der Waals surface area (Å²) in [5, 5.41) is 12.7. The molecule has 2 saturated heterocycles. The van der Waals surface area contributed by atoms with Gasteiger partial charge in [-0.3, -0.25) is 9.59 Å². The normalized spacial score (nSPS) is 25.7. The summed E-state index contributed by atoms with van der Waals surface area (Å²) >= 11 is 1.56. The third-order valence-corrected chi connectivity index (χ3v) is 7.01. The SMILES string of the molecule is CC(C)C1(C(=O)O)CCN(C(=O)C2CCCN2c2ncnc3sccc23)C1. The van der Waals surface area contributed by atoms with E-state index < -0.39 is 11.4 Å². The molecule has 8 heteroatoms. The standard InChI is InChI=1S/C19H24N4O3S/c1-12(2)19(18(25)26)6-8-22(10-19)17(24)14-4-3-7-23(14)15-13-5-9-27-16(13)21-11-20-15/h5,9,11-12,14H,3-4,6-8,10H2,1-2H3,(H,25,26). The van der Waals surface area contributed by atoms with Gasteiger partial charge in [-0.25, -0.2) is 9.97 Å². The highest BCUT2D eigenvalue weighted by Crippen LogP contribution is 2.39. The van der Waals surface area contributed by atoms with Crippen molar-refractivity contribution in [1.29, 1.82) is 0 Å². The number of carbonyl (C=O) groups is 2. The summed E-state index contributed by atoms with van der Waals surface area (Å²) in [6.07, 6.45) is 3.76. The average Bonchev–Trinajstić information content (AvgIpc) is 3.38. The Morgan fingerprint density at radius 3 is 2.85 bits per heavy atom.